The van der Waals surface area contributed by atoms with Gasteiger partial charge in [-0.05, 0) is 13.8 Å². The summed E-state index contributed by atoms with van der Waals surface area (Å²) in [6.07, 6.45) is -6.12. The summed E-state index contributed by atoms with van der Waals surface area (Å²) in [7, 11) is 0. The fourth-order valence-corrected chi connectivity index (χ4v) is 0.283. The Bertz CT molecular complexity index is 129. The maximum atomic E-state index is 11.3. The molecule has 0 fully saturated rings. The summed E-state index contributed by atoms with van der Waals surface area (Å²) in [5.74, 6) is -0.641. The summed E-state index contributed by atoms with van der Waals surface area (Å²) < 4.78 is 37.2. The number of Topliss-reactive ketones (excluding diaryl/α,β-unsaturated/α-hetero) is 1. The topological polar surface area (TPSA) is 26.3 Å². The molecule has 0 bridgehead atoms. The van der Waals surface area contributed by atoms with Gasteiger partial charge in [0.15, 0.2) is 5.78 Å². The number of carbonyl (C=O) groups excluding carboxylic acids is 1. The van der Waals surface area contributed by atoms with Crippen LogP contribution in [0.3, 0.4) is 0 Å². The minimum atomic E-state index is -4.72. The molecular formula is C5H7F3O2. The van der Waals surface area contributed by atoms with E-state index in [2.05, 4.69) is 4.74 Å². The van der Waals surface area contributed by atoms with Gasteiger partial charge in [0.05, 0.1) is 0 Å². The van der Waals surface area contributed by atoms with Crippen LogP contribution < -0.4 is 0 Å². The zero-order valence-corrected chi connectivity index (χ0v) is 5.53. The lowest BCUT2D eigenvalue weighted by Crippen LogP contribution is -2.26. The molecule has 0 N–H and O–H groups in total. The van der Waals surface area contributed by atoms with Gasteiger partial charge in [-0.15, -0.1) is 13.2 Å². The van der Waals surface area contributed by atoms with Gasteiger partial charge in [0.1, 0.15) is 6.10 Å². The molecule has 0 aromatic carbocycles. The second-order valence-electron chi connectivity index (χ2n) is 1.82. The molecule has 0 aromatic heterocycles. The lowest BCUT2D eigenvalue weighted by atomic mass is 10.3. The Hall–Kier alpha value is -0.580. The highest BCUT2D eigenvalue weighted by Crippen LogP contribution is 2.18. The molecule has 0 rings (SSSR count). The molecular weight excluding hydrogens is 149 g/mol. The SMILES string of the molecule is CC(=O)C(C)OC(F)(F)F. The van der Waals surface area contributed by atoms with Crippen LogP contribution in [-0.4, -0.2) is 18.2 Å². The predicted octanol–water partition coefficient (Wildman–Crippen LogP) is 1.50. The second kappa shape index (κ2) is 3.01. The third kappa shape index (κ3) is 4.31. The van der Waals surface area contributed by atoms with Crippen LogP contribution in [0.1, 0.15) is 13.8 Å². The van der Waals surface area contributed by atoms with Crippen molar-refractivity contribution < 1.29 is 22.7 Å². The van der Waals surface area contributed by atoms with Crippen LogP contribution >= 0.6 is 0 Å². The van der Waals surface area contributed by atoms with E-state index in [1.54, 1.807) is 0 Å². The molecule has 0 amide bonds. The quantitative estimate of drug-likeness (QED) is 0.605. The monoisotopic (exact) mass is 156 g/mol. The van der Waals surface area contributed by atoms with Crippen molar-refractivity contribution in [2.24, 2.45) is 0 Å². The van der Waals surface area contributed by atoms with Gasteiger partial charge >= 0.3 is 6.36 Å². The molecule has 1 unspecified atom stereocenters. The number of rotatable bonds is 2. The molecule has 0 aliphatic rings. The van der Waals surface area contributed by atoms with E-state index >= 15 is 0 Å². The van der Waals surface area contributed by atoms with Crippen molar-refractivity contribution in [1.29, 1.82) is 0 Å². The number of ether oxygens (including phenoxy) is 1. The van der Waals surface area contributed by atoms with Crippen molar-refractivity contribution in [2.75, 3.05) is 0 Å². The highest BCUT2D eigenvalue weighted by Gasteiger charge is 2.33. The van der Waals surface area contributed by atoms with Crippen molar-refractivity contribution in [3.63, 3.8) is 0 Å². The minimum absolute atomic E-state index is 0.641. The smallest absolute Gasteiger partial charge is 0.297 e. The fourth-order valence-electron chi connectivity index (χ4n) is 0.283. The Morgan fingerprint density at radius 3 is 2.00 bits per heavy atom. The Kier molecular flexibility index (Phi) is 2.83. The fraction of sp³-hybridized carbons (Fsp3) is 0.800. The molecule has 0 aliphatic heterocycles. The molecule has 0 heterocycles. The third-order valence-electron chi connectivity index (χ3n) is 0.883. The molecule has 0 aliphatic carbocycles. The van der Waals surface area contributed by atoms with Gasteiger partial charge in [0.2, 0.25) is 0 Å². The molecule has 2 nitrogen and oxygen atoms in total. The van der Waals surface area contributed by atoms with Gasteiger partial charge < -0.3 is 0 Å². The molecule has 0 aromatic rings. The summed E-state index contributed by atoms with van der Waals surface area (Å²) >= 11 is 0. The summed E-state index contributed by atoms with van der Waals surface area (Å²) in [6.45, 7) is 2.09. The van der Waals surface area contributed by atoms with Crippen molar-refractivity contribution in [3.05, 3.63) is 0 Å². The van der Waals surface area contributed by atoms with Crippen LogP contribution in [0, 0.1) is 0 Å². The molecule has 0 saturated heterocycles. The van der Waals surface area contributed by atoms with E-state index < -0.39 is 18.2 Å². The maximum absolute atomic E-state index is 11.3. The van der Waals surface area contributed by atoms with E-state index in [1.165, 1.54) is 0 Å². The first-order valence-corrected chi connectivity index (χ1v) is 2.58. The molecule has 10 heavy (non-hydrogen) atoms. The average Bonchev–Trinajstić information content (AvgIpc) is 1.60. The van der Waals surface area contributed by atoms with E-state index in [0.717, 1.165) is 13.8 Å². The standard InChI is InChI=1S/C5H7F3O2/c1-3(9)4(2)10-5(6,7)8/h4H,1-2H3. The van der Waals surface area contributed by atoms with E-state index in [-0.39, 0.29) is 0 Å². The summed E-state index contributed by atoms with van der Waals surface area (Å²) in [4.78, 5) is 10.2. The van der Waals surface area contributed by atoms with E-state index in [4.69, 9.17) is 0 Å². The van der Waals surface area contributed by atoms with Gasteiger partial charge in [-0.3, -0.25) is 9.53 Å². The van der Waals surface area contributed by atoms with Crippen LogP contribution in [-0.2, 0) is 9.53 Å². The van der Waals surface area contributed by atoms with Crippen LogP contribution in [0.25, 0.3) is 0 Å². The number of halogens is 3. The summed E-state index contributed by atoms with van der Waals surface area (Å²) in [6, 6.07) is 0. The number of ketones is 1. The largest absolute Gasteiger partial charge is 0.523 e. The average molecular weight is 156 g/mol. The van der Waals surface area contributed by atoms with Crippen LogP contribution in [0.4, 0.5) is 13.2 Å². The van der Waals surface area contributed by atoms with E-state index in [9.17, 15) is 18.0 Å². The molecule has 1 atom stereocenters. The molecule has 60 valence electrons. The molecule has 0 saturated carbocycles. The van der Waals surface area contributed by atoms with Gasteiger partial charge in [-0.25, -0.2) is 0 Å². The Balaban J connectivity index is 3.80. The lowest BCUT2D eigenvalue weighted by Gasteiger charge is -2.11. The van der Waals surface area contributed by atoms with Gasteiger partial charge in [0.25, 0.3) is 0 Å². The molecule has 5 heteroatoms. The van der Waals surface area contributed by atoms with Gasteiger partial charge in [-0.1, -0.05) is 0 Å². The first-order valence-electron chi connectivity index (χ1n) is 2.58. The first-order chi connectivity index (χ1) is 4.33. The second-order valence-corrected chi connectivity index (χ2v) is 1.82. The maximum Gasteiger partial charge on any atom is 0.523 e. The van der Waals surface area contributed by atoms with Crippen LogP contribution in [0.15, 0.2) is 0 Å². The first kappa shape index (κ1) is 9.42. The van der Waals surface area contributed by atoms with Crippen molar-refractivity contribution in [1.82, 2.24) is 0 Å². The zero-order valence-electron chi connectivity index (χ0n) is 5.53. The number of hydrogen-bond acceptors (Lipinski definition) is 2. The Morgan fingerprint density at radius 1 is 1.50 bits per heavy atom. The zero-order chi connectivity index (χ0) is 8.36. The van der Waals surface area contributed by atoms with Crippen molar-refractivity contribution >= 4 is 5.78 Å². The van der Waals surface area contributed by atoms with Gasteiger partial charge in [-0.2, -0.15) is 0 Å². The highest BCUT2D eigenvalue weighted by atomic mass is 19.4. The van der Waals surface area contributed by atoms with E-state index in [1.807, 2.05) is 0 Å². The Morgan fingerprint density at radius 2 is 1.90 bits per heavy atom. The number of hydrogen-bond donors (Lipinski definition) is 0. The van der Waals surface area contributed by atoms with Crippen molar-refractivity contribution in [2.45, 2.75) is 26.3 Å². The number of carbonyl (C=O) groups is 1. The predicted molar refractivity (Wildman–Crippen MR) is 27.3 cm³/mol. The summed E-state index contributed by atoms with van der Waals surface area (Å²) in [5.41, 5.74) is 0. The van der Waals surface area contributed by atoms with Gasteiger partial charge in [0, 0.05) is 0 Å². The van der Waals surface area contributed by atoms with Crippen molar-refractivity contribution in [3.8, 4) is 0 Å². The normalized spacial score (nSPS) is 14.9. The van der Waals surface area contributed by atoms with E-state index in [0.29, 0.717) is 0 Å². The number of alkyl halides is 3. The van der Waals surface area contributed by atoms with Crippen LogP contribution in [0.2, 0.25) is 0 Å². The molecule has 0 radical (unpaired) electrons. The third-order valence-corrected chi connectivity index (χ3v) is 0.883. The Labute approximate surface area is 56.0 Å². The lowest BCUT2D eigenvalue weighted by molar-refractivity contribution is -0.335. The molecule has 0 spiro atoms. The minimum Gasteiger partial charge on any atom is -0.297 e. The highest BCUT2D eigenvalue weighted by molar-refractivity contribution is 5.79. The van der Waals surface area contributed by atoms with Crippen LogP contribution in [0.5, 0.6) is 0 Å². The summed E-state index contributed by atoms with van der Waals surface area (Å²) in [5, 5.41) is 0.